The number of hydrogen-bond donors (Lipinski definition) is 0. The van der Waals surface area contributed by atoms with Crippen molar-refractivity contribution >= 4 is 16.6 Å². The fourth-order valence-corrected chi connectivity index (χ4v) is 15.1. The quantitative estimate of drug-likeness (QED) is 0.332. The second-order valence-corrected chi connectivity index (χ2v) is 21.7. The molecule has 0 aliphatic heterocycles. The molecule has 0 radical (unpaired) electrons. The first kappa shape index (κ1) is 27.4. The van der Waals surface area contributed by atoms with Crippen LogP contribution in [0.3, 0.4) is 0 Å². The normalized spacial score (nSPS) is 14.9. The monoisotopic (exact) mass is 416 g/mol. The lowest BCUT2D eigenvalue weighted by atomic mass is 10.2. The van der Waals surface area contributed by atoms with Gasteiger partial charge in [-0.3, -0.25) is 0 Å². The van der Waals surface area contributed by atoms with Crippen LogP contribution in [-0.4, -0.2) is 27.8 Å². The van der Waals surface area contributed by atoms with Gasteiger partial charge in [-0.15, -0.1) is 0 Å². The Morgan fingerprint density at radius 1 is 0.519 bits per heavy atom. The zero-order valence-corrected chi connectivity index (χ0v) is 23.2. The van der Waals surface area contributed by atoms with Crippen molar-refractivity contribution in [1.29, 1.82) is 0 Å². The van der Waals surface area contributed by atoms with Crippen LogP contribution in [0.4, 0.5) is 0 Å². The fraction of sp³-hybridized carbons (Fsp3) is 1.00. The second kappa shape index (κ2) is 9.91. The molecule has 27 heavy (non-hydrogen) atoms. The van der Waals surface area contributed by atoms with Crippen LogP contribution in [0, 0.1) is 0 Å². The molecule has 0 aliphatic carbocycles. The van der Waals surface area contributed by atoms with E-state index in [4.69, 9.17) is 8.85 Å². The van der Waals surface area contributed by atoms with Gasteiger partial charge >= 0.3 is 0 Å². The van der Waals surface area contributed by atoms with Crippen molar-refractivity contribution < 1.29 is 8.85 Å². The number of hydrogen-bond acceptors (Lipinski definition) is 2. The van der Waals surface area contributed by atoms with Crippen molar-refractivity contribution in [2.75, 3.05) is 0 Å². The molecule has 0 saturated heterocycles. The molecular formula is C23H52O2Si2. The maximum atomic E-state index is 6.90. The minimum absolute atomic E-state index is 0.0622. The molecule has 0 amide bonds. The summed E-state index contributed by atoms with van der Waals surface area (Å²) in [5.74, 6) is 0. The predicted octanol–water partition coefficient (Wildman–Crippen LogP) is 8.54. The van der Waals surface area contributed by atoms with Gasteiger partial charge in [-0.05, 0) is 75.8 Å². The lowest BCUT2D eigenvalue weighted by molar-refractivity contribution is 0.106. The van der Waals surface area contributed by atoms with Crippen LogP contribution in [0.1, 0.15) is 103 Å². The number of rotatable bonds is 10. The first-order valence-electron chi connectivity index (χ1n) is 11.3. The van der Waals surface area contributed by atoms with Gasteiger partial charge < -0.3 is 8.85 Å². The molecule has 0 spiro atoms. The molecule has 0 aromatic rings. The summed E-state index contributed by atoms with van der Waals surface area (Å²) in [6.45, 7) is 32.5. The average molecular weight is 417 g/mol. The van der Waals surface area contributed by atoms with E-state index in [0.29, 0.717) is 22.2 Å². The van der Waals surface area contributed by atoms with Crippen molar-refractivity contribution in [3.8, 4) is 0 Å². The van der Waals surface area contributed by atoms with E-state index in [9.17, 15) is 0 Å². The van der Waals surface area contributed by atoms with E-state index >= 15 is 0 Å². The van der Waals surface area contributed by atoms with Gasteiger partial charge in [0.05, 0.1) is 0 Å². The van der Waals surface area contributed by atoms with Gasteiger partial charge in [0.2, 0.25) is 0 Å². The van der Waals surface area contributed by atoms with E-state index in [2.05, 4.69) is 96.9 Å². The van der Waals surface area contributed by atoms with E-state index in [0.717, 1.165) is 0 Å². The highest BCUT2D eigenvalue weighted by atomic mass is 28.4. The zero-order valence-electron chi connectivity index (χ0n) is 21.2. The van der Waals surface area contributed by atoms with E-state index in [1.54, 1.807) is 0 Å². The summed E-state index contributed by atoms with van der Waals surface area (Å²) in [4.78, 5) is 0. The summed E-state index contributed by atoms with van der Waals surface area (Å²) < 4.78 is 13.8. The third-order valence-corrected chi connectivity index (χ3v) is 18.1. The summed E-state index contributed by atoms with van der Waals surface area (Å²) in [5.41, 5.74) is 2.41. The van der Waals surface area contributed by atoms with Crippen molar-refractivity contribution in [2.24, 2.45) is 0 Å². The molecule has 0 aromatic heterocycles. The van der Waals surface area contributed by atoms with Crippen LogP contribution in [0.15, 0.2) is 0 Å². The first-order chi connectivity index (χ1) is 11.9. The summed E-state index contributed by atoms with van der Waals surface area (Å²) in [5, 5.41) is 0. The molecule has 0 fully saturated rings. The van der Waals surface area contributed by atoms with Gasteiger partial charge in [-0.25, -0.2) is 0 Å². The SMILES string of the molecule is CC(C)[Si](CCC[Si](OC(C)(C)C)(C(C)C)C(C)C)(OC(C)(C)C)C(C)C. The summed E-state index contributed by atoms with van der Waals surface area (Å²) >= 11 is 0. The Bertz CT molecular complexity index is 373. The Hall–Kier alpha value is 0.354. The molecule has 0 saturated carbocycles. The lowest BCUT2D eigenvalue weighted by Gasteiger charge is -2.46. The third kappa shape index (κ3) is 7.95. The molecule has 2 nitrogen and oxygen atoms in total. The molecule has 0 unspecified atom stereocenters. The largest absolute Gasteiger partial charge is 0.412 e. The van der Waals surface area contributed by atoms with Gasteiger partial charge in [-0.1, -0.05) is 61.8 Å². The van der Waals surface area contributed by atoms with Gasteiger partial charge in [-0.2, -0.15) is 0 Å². The van der Waals surface area contributed by atoms with E-state index < -0.39 is 16.6 Å². The first-order valence-corrected chi connectivity index (χ1v) is 15.8. The minimum Gasteiger partial charge on any atom is -0.412 e. The summed E-state index contributed by atoms with van der Waals surface area (Å²) in [6, 6.07) is 2.50. The van der Waals surface area contributed by atoms with Crippen molar-refractivity contribution in [3.05, 3.63) is 0 Å². The minimum atomic E-state index is -1.85. The lowest BCUT2D eigenvalue weighted by Crippen LogP contribution is -2.52. The van der Waals surface area contributed by atoms with Crippen LogP contribution < -0.4 is 0 Å². The molecule has 0 rings (SSSR count). The van der Waals surface area contributed by atoms with Gasteiger partial charge in [0.1, 0.15) is 0 Å². The standard InChI is InChI=1S/C23H52O2Si2/c1-18(2)26(19(3)4,24-22(9,10)11)16-15-17-27(20(5)6,21(7)8)25-23(12,13)14/h18-21H,15-17H2,1-14H3. The smallest absolute Gasteiger partial charge is 0.198 e. The molecule has 0 bridgehead atoms. The van der Waals surface area contributed by atoms with Gasteiger partial charge in [0.25, 0.3) is 0 Å². The second-order valence-electron chi connectivity index (χ2n) is 11.8. The highest BCUT2D eigenvalue weighted by molar-refractivity contribution is 6.78. The molecule has 0 N–H and O–H groups in total. The maximum absolute atomic E-state index is 6.90. The van der Waals surface area contributed by atoms with E-state index in [1.165, 1.54) is 18.5 Å². The van der Waals surface area contributed by atoms with E-state index in [-0.39, 0.29) is 11.2 Å². The fourth-order valence-electron chi connectivity index (χ4n) is 4.84. The van der Waals surface area contributed by atoms with Crippen LogP contribution in [0.2, 0.25) is 34.3 Å². The molecule has 0 heterocycles. The molecule has 0 aliphatic rings. The Kier molecular flexibility index (Phi) is 10.0. The Morgan fingerprint density at radius 3 is 0.889 bits per heavy atom. The summed E-state index contributed by atoms with van der Waals surface area (Å²) in [6.07, 6.45) is 1.25. The van der Waals surface area contributed by atoms with Crippen LogP contribution in [-0.2, 0) is 8.85 Å². The van der Waals surface area contributed by atoms with Crippen LogP contribution in [0.25, 0.3) is 0 Å². The van der Waals surface area contributed by atoms with Crippen molar-refractivity contribution in [1.82, 2.24) is 0 Å². The highest BCUT2D eigenvalue weighted by Crippen LogP contribution is 2.45. The summed E-state index contributed by atoms with van der Waals surface area (Å²) in [7, 11) is -3.69. The third-order valence-electron chi connectivity index (χ3n) is 6.04. The zero-order chi connectivity index (χ0) is 21.8. The Labute approximate surface area is 174 Å². The van der Waals surface area contributed by atoms with Crippen molar-refractivity contribution in [3.63, 3.8) is 0 Å². The predicted molar refractivity (Wildman–Crippen MR) is 128 cm³/mol. The van der Waals surface area contributed by atoms with Crippen molar-refractivity contribution in [2.45, 2.75) is 149 Å². The Morgan fingerprint density at radius 2 is 0.741 bits per heavy atom. The van der Waals surface area contributed by atoms with E-state index in [1.807, 2.05) is 0 Å². The average Bonchev–Trinajstić information content (AvgIpc) is 2.40. The molecule has 0 atom stereocenters. The molecule has 164 valence electrons. The highest BCUT2D eigenvalue weighted by Gasteiger charge is 2.48. The molecule has 0 aromatic carbocycles. The van der Waals surface area contributed by atoms with Gasteiger partial charge in [0, 0.05) is 11.2 Å². The van der Waals surface area contributed by atoms with Gasteiger partial charge in [0.15, 0.2) is 16.6 Å². The molecule has 4 heteroatoms. The van der Waals surface area contributed by atoms with Crippen LogP contribution >= 0.6 is 0 Å². The molecular weight excluding hydrogens is 364 g/mol. The van der Waals surface area contributed by atoms with Crippen LogP contribution in [0.5, 0.6) is 0 Å². The Balaban J connectivity index is 5.62. The topological polar surface area (TPSA) is 18.5 Å². The maximum Gasteiger partial charge on any atom is 0.198 e.